The minimum absolute atomic E-state index is 0.190. The lowest BCUT2D eigenvalue weighted by Gasteiger charge is -2.39. The fourth-order valence-electron chi connectivity index (χ4n) is 4.13. The van der Waals surface area contributed by atoms with E-state index in [1.54, 1.807) is 42.2 Å². The molecule has 1 aliphatic rings. The number of carbonyl (C=O) groups excluding carboxylic acids is 2. The van der Waals surface area contributed by atoms with Crippen LogP contribution in [0.2, 0.25) is 0 Å². The van der Waals surface area contributed by atoms with E-state index >= 15 is 0 Å². The van der Waals surface area contributed by atoms with Crippen molar-refractivity contribution in [2.75, 3.05) is 38.8 Å². The van der Waals surface area contributed by atoms with Crippen LogP contribution in [0, 0.1) is 5.92 Å². The van der Waals surface area contributed by atoms with Gasteiger partial charge in [0.05, 0.1) is 33.3 Å². The summed E-state index contributed by atoms with van der Waals surface area (Å²) in [5.74, 6) is 0.796. The SMILES string of the molecule is CCCCCOc1cc(N2CC(C(N)=O)CN(Cc3ccc(CN)cc3OC)C2=O)ccc1OC. The van der Waals surface area contributed by atoms with Crippen LogP contribution in [0.25, 0.3) is 0 Å². The monoisotopic (exact) mass is 484 g/mol. The summed E-state index contributed by atoms with van der Waals surface area (Å²) in [4.78, 5) is 28.9. The predicted molar refractivity (Wildman–Crippen MR) is 135 cm³/mol. The number of amides is 3. The molecule has 1 saturated heterocycles. The van der Waals surface area contributed by atoms with Crippen molar-refractivity contribution in [3.63, 3.8) is 0 Å². The number of benzene rings is 2. The van der Waals surface area contributed by atoms with Gasteiger partial charge in [-0.2, -0.15) is 0 Å². The maximum Gasteiger partial charge on any atom is 0.324 e. The highest BCUT2D eigenvalue weighted by atomic mass is 16.5. The van der Waals surface area contributed by atoms with E-state index in [9.17, 15) is 9.59 Å². The van der Waals surface area contributed by atoms with Crippen LogP contribution in [0.1, 0.15) is 37.3 Å². The summed E-state index contributed by atoms with van der Waals surface area (Å²) >= 11 is 0. The zero-order valence-electron chi connectivity index (χ0n) is 20.8. The van der Waals surface area contributed by atoms with E-state index in [-0.39, 0.29) is 25.7 Å². The normalized spacial score (nSPS) is 15.8. The second-order valence-electron chi connectivity index (χ2n) is 8.61. The molecule has 0 saturated carbocycles. The third kappa shape index (κ3) is 6.36. The van der Waals surface area contributed by atoms with Gasteiger partial charge in [-0.05, 0) is 30.2 Å². The summed E-state index contributed by atoms with van der Waals surface area (Å²) in [6, 6.07) is 10.8. The van der Waals surface area contributed by atoms with Crippen LogP contribution in [-0.2, 0) is 17.9 Å². The van der Waals surface area contributed by atoms with E-state index in [0.29, 0.717) is 36.1 Å². The lowest BCUT2D eigenvalue weighted by Crippen LogP contribution is -2.56. The molecule has 0 aromatic heterocycles. The summed E-state index contributed by atoms with van der Waals surface area (Å²) in [6.07, 6.45) is 3.08. The van der Waals surface area contributed by atoms with E-state index < -0.39 is 11.8 Å². The van der Waals surface area contributed by atoms with Crippen LogP contribution in [0.5, 0.6) is 17.2 Å². The lowest BCUT2D eigenvalue weighted by atomic mass is 10.0. The predicted octanol–water partition coefficient (Wildman–Crippen LogP) is 3.28. The van der Waals surface area contributed by atoms with Crippen LogP contribution >= 0.6 is 0 Å². The van der Waals surface area contributed by atoms with Crippen molar-refractivity contribution >= 4 is 17.6 Å². The fraction of sp³-hybridized carbons (Fsp3) is 0.462. The van der Waals surface area contributed by atoms with Crippen molar-refractivity contribution in [2.24, 2.45) is 17.4 Å². The molecule has 190 valence electrons. The number of anilines is 1. The molecule has 3 rings (SSSR count). The van der Waals surface area contributed by atoms with Crippen LogP contribution in [0.4, 0.5) is 10.5 Å². The summed E-state index contributed by atoms with van der Waals surface area (Å²) in [6.45, 7) is 3.75. The maximum atomic E-state index is 13.6. The van der Waals surface area contributed by atoms with Gasteiger partial charge in [0.15, 0.2) is 11.5 Å². The highest BCUT2D eigenvalue weighted by molar-refractivity contribution is 5.95. The molecule has 0 aliphatic carbocycles. The summed E-state index contributed by atoms with van der Waals surface area (Å²) in [5.41, 5.74) is 13.8. The fourth-order valence-corrected chi connectivity index (χ4v) is 4.13. The molecule has 0 bridgehead atoms. The van der Waals surface area contributed by atoms with Gasteiger partial charge >= 0.3 is 6.03 Å². The molecule has 9 nitrogen and oxygen atoms in total. The maximum absolute atomic E-state index is 13.6. The van der Waals surface area contributed by atoms with Gasteiger partial charge < -0.3 is 30.6 Å². The third-order valence-electron chi connectivity index (χ3n) is 6.16. The Morgan fingerprint density at radius 2 is 1.80 bits per heavy atom. The minimum atomic E-state index is -0.530. The van der Waals surface area contributed by atoms with E-state index in [1.165, 1.54) is 0 Å². The Morgan fingerprint density at radius 3 is 2.46 bits per heavy atom. The van der Waals surface area contributed by atoms with E-state index in [4.69, 9.17) is 25.7 Å². The largest absolute Gasteiger partial charge is 0.496 e. The highest BCUT2D eigenvalue weighted by Gasteiger charge is 2.36. The van der Waals surface area contributed by atoms with Crippen molar-refractivity contribution in [1.29, 1.82) is 0 Å². The van der Waals surface area contributed by atoms with Gasteiger partial charge in [-0.1, -0.05) is 31.9 Å². The topological polar surface area (TPSA) is 120 Å². The van der Waals surface area contributed by atoms with Crippen LogP contribution in [0.15, 0.2) is 36.4 Å². The number of hydrogen-bond acceptors (Lipinski definition) is 6. The number of urea groups is 1. The van der Waals surface area contributed by atoms with Crippen molar-refractivity contribution in [1.82, 2.24) is 4.90 Å². The Hall–Kier alpha value is -3.46. The lowest BCUT2D eigenvalue weighted by molar-refractivity contribution is -0.122. The molecule has 2 aromatic carbocycles. The molecule has 1 aliphatic heterocycles. The third-order valence-corrected chi connectivity index (χ3v) is 6.16. The summed E-state index contributed by atoms with van der Waals surface area (Å²) < 4.78 is 16.9. The standard InChI is InChI=1S/C26H36N4O5/c1-4-5-6-11-35-24-13-21(9-10-22(24)33-2)30-17-20(25(28)31)16-29(26(30)32)15-19-8-7-18(14-27)12-23(19)34-3/h7-10,12-13,20H,4-6,11,14-17,27H2,1-3H3,(H2,28,31). The van der Waals surface area contributed by atoms with Gasteiger partial charge in [0.25, 0.3) is 0 Å². The Morgan fingerprint density at radius 1 is 1.03 bits per heavy atom. The van der Waals surface area contributed by atoms with E-state index in [1.807, 2.05) is 18.2 Å². The first-order chi connectivity index (χ1) is 16.9. The smallest absolute Gasteiger partial charge is 0.324 e. The Kier molecular flexibility index (Phi) is 9.19. The molecular formula is C26H36N4O5. The molecular weight excluding hydrogens is 448 g/mol. The Balaban J connectivity index is 1.88. The van der Waals surface area contributed by atoms with Crippen LogP contribution in [-0.4, -0.2) is 50.8 Å². The Labute approximate surface area is 206 Å². The number of rotatable bonds is 12. The molecule has 1 heterocycles. The van der Waals surface area contributed by atoms with Gasteiger partial charge in [0, 0.05) is 37.0 Å². The first kappa shape index (κ1) is 26.2. The van der Waals surface area contributed by atoms with Crippen LogP contribution in [0.3, 0.4) is 0 Å². The quantitative estimate of drug-likeness (QED) is 0.446. The molecule has 2 aromatic rings. The first-order valence-electron chi connectivity index (χ1n) is 11.9. The molecule has 1 unspecified atom stereocenters. The molecule has 4 N–H and O–H groups in total. The number of carbonyl (C=O) groups is 2. The van der Waals surface area contributed by atoms with Gasteiger partial charge in [-0.3, -0.25) is 9.69 Å². The number of primary amides is 1. The summed E-state index contributed by atoms with van der Waals surface area (Å²) in [5, 5.41) is 0. The van der Waals surface area contributed by atoms with Crippen molar-refractivity contribution in [3.8, 4) is 17.2 Å². The zero-order valence-corrected chi connectivity index (χ0v) is 20.8. The van der Waals surface area contributed by atoms with Gasteiger partial charge in [0.2, 0.25) is 5.91 Å². The zero-order chi connectivity index (χ0) is 25.4. The molecule has 35 heavy (non-hydrogen) atoms. The second kappa shape index (κ2) is 12.3. The van der Waals surface area contributed by atoms with Crippen LogP contribution < -0.4 is 30.6 Å². The van der Waals surface area contributed by atoms with Gasteiger partial charge in [0.1, 0.15) is 5.75 Å². The number of hydrogen-bond donors (Lipinski definition) is 2. The van der Waals surface area contributed by atoms with E-state index in [2.05, 4.69) is 6.92 Å². The summed E-state index contributed by atoms with van der Waals surface area (Å²) in [7, 11) is 3.16. The van der Waals surface area contributed by atoms with E-state index in [0.717, 1.165) is 30.4 Å². The number of methoxy groups -OCH3 is 2. The molecule has 0 radical (unpaired) electrons. The second-order valence-corrected chi connectivity index (χ2v) is 8.61. The first-order valence-corrected chi connectivity index (χ1v) is 11.9. The number of ether oxygens (including phenoxy) is 3. The number of unbranched alkanes of at least 4 members (excludes halogenated alkanes) is 2. The molecule has 0 spiro atoms. The van der Waals surface area contributed by atoms with Gasteiger partial charge in [-0.15, -0.1) is 0 Å². The van der Waals surface area contributed by atoms with Gasteiger partial charge in [-0.25, -0.2) is 4.79 Å². The Bertz CT molecular complexity index is 1030. The van der Waals surface area contributed by atoms with Crippen molar-refractivity contribution in [2.45, 2.75) is 39.3 Å². The molecule has 1 atom stereocenters. The molecule has 9 heteroatoms. The van der Waals surface area contributed by atoms with Crippen molar-refractivity contribution in [3.05, 3.63) is 47.5 Å². The number of nitrogens with zero attached hydrogens (tertiary/aromatic N) is 2. The highest BCUT2D eigenvalue weighted by Crippen LogP contribution is 2.34. The minimum Gasteiger partial charge on any atom is -0.496 e. The average Bonchev–Trinajstić information content (AvgIpc) is 2.87. The molecule has 1 fully saturated rings. The average molecular weight is 485 g/mol. The number of nitrogens with two attached hydrogens (primary N) is 2. The molecule has 3 amide bonds. The van der Waals surface area contributed by atoms with Crippen molar-refractivity contribution < 1.29 is 23.8 Å².